The van der Waals surface area contributed by atoms with E-state index in [2.05, 4.69) is 9.97 Å². The summed E-state index contributed by atoms with van der Waals surface area (Å²) >= 11 is 13.4. The monoisotopic (exact) mass is 534 g/mol. The Hall–Kier alpha value is -2.62. The smallest absolute Gasteiger partial charge is 0.188 e. The minimum Gasteiger partial charge on any atom is -0.467 e. The first-order valence-electron chi connectivity index (χ1n) is 10.8. The molecule has 0 spiro atoms. The van der Waals surface area contributed by atoms with Crippen LogP contribution >= 0.6 is 23.2 Å². The number of benzene rings is 3. The van der Waals surface area contributed by atoms with Gasteiger partial charge in [-0.15, -0.1) is 0 Å². The first kappa shape index (κ1) is 25.5. The zero-order valence-corrected chi connectivity index (χ0v) is 21.4. The van der Waals surface area contributed by atoms with Crippen molar-refractivity contribution in [3.8, 4) is 16.9 Å². The molecule has 4 rings (SSSR count). The van der Waals surface area contributed by atoms with E-state index in [4.69, 9.17) is 32.7 Å². The Bertz CT molecular complexity index is 1450. The Kier molecular flexibility index (Phi) is 7.68. The van der Waals surface area contributed by atoms with Gasteiger partial charge in [-0.2, -0.15) is 0 Å². The number of nitrogens with zero attached hydrogens (tertiary/aromatic N) is 1. The number of sulfone groups is 1. The van der Waals surface area contributed by atoms with Crippen molar-refractivity contribution in [1.29, 1.82) is 0 Å². The van der Waals surface area contributed by atoms with E-state index >= 15 is 0 Å². The van der Waals surface area contributed by atoms with E-state index in [0.29, 0.717) is 49.3 Å². The van der Waals surface area contributed by atoms with Crippen molar-refractivity contribution >= 4 is 44.1 Å². The lowest BCUT2D eigenvalue weighted by Crippen LogP contribution is -2.09. The number of imidazole rings is 1. The molecule has 0 aliphatic rings. The fourth-order valence-corrected chi connectivity index (χ4v) is 5.44. The summed E-state index contributed by atoms with van der Waals surface area (Å²) in [7, 11) is -1.78. The molecule has 1 aromatic heterocycles. The Morgan fingerprint density at radius 1 is 1.11 bits per heavy atom. The number of halogens is 2. The van der Waals surface area contributed by atoms with Crippen molar-refractivity contribution < 1.29 is 23.0 Å². The minimum absolute atomic E-state index is 0.0145. The molecule has 0 aliphatic carbocycles. The Morgan fingerprint density at radius 3 is 2.49 bits per heavy atom. The number of hydrogen-bond acceptors (Lipinski definition) is 6. The maximum absolute atomic E-state index is 12.1. The standard InChI is InChI=1S/C25H24Cl2N2O5S/c1-3-35(31,32)16-10-8-15(9-11-16)18(13-30)25-28-20-12-19(26)22(23(27)24(20)29-25)17-6-4-5-7-21(17)34-14-33-2/h4-12,18,30H,3,13-14H2,1-2H3,(H,28,29). The number of aliphatic hydroxyl groups is 1. The maximum atomic E-state index is 12.1. The van der Waals surface area contributed by atoms with Crippen molar-refractivity contribution in [2.45, 2.75) is 17.7 Å². The molecule has 1 heterocycles. The van der Waals surface area contributed by atoms with Crippen molar-refractivity contribution in [3.63, 3.8) is 0 Å². The second kappa shape index (κ2) is 10.6. The van der Waals surface area contributed by atoms with Crippen LogP contribution in [0.3, 0.4) is 0 Å². The first-order valence-corrected chi connectivity index (χ1v) is 13.2. The second-order valence-electron chi connectivity index (χ2n) is 7.82. The number of para-hydroxylation sites is 1. The highest BCUT2D eigenvalue weighted by atomic mass is 35.5. The molecule has 0 saturated carbocycles. The SMILES string of the molecule is CCS(=O)(=O)c1ccc(C(CO)c2nc3c(Cl)c(-c4ccccc4OCOC)c(Cl)cc3[nH]2)cc1. The molecule has 0 fully saturated rings. The summed E-state index contributed by atoms with van der Waals surface area (Å²) in [4.78, 5) is 8.11. The molecule has 7 nitrogen and oxygen atoms in total. The number of fused-ring (bicyclic) bond motifs is 1. The molecular formula is C25H24Cl2N2O5S. The van der Waals surface area contributed by atoms with Gasteiger partial charge in [0, 0.05) is 18.2 Å². The number of aromatic nitrogens is 2. The number of nitrogens with one attached hydrogen (secondary N) is 1. The highest BCUT2D eigenvalue weighted by molar-refractivity contribution is 7.91. The minimum atomic E-state index is -3.32. The van der Waals surface area contributed by atoms with Gasteiger partial charge < -0.3 is 19.6 Å². The molecule has 35 heavy (non-hydrogen) atoms. The average molecular weight is 535 g/mol. The summed E-state index contributed by atoms with van der Waals surface area (Å²) in [6, 6.07) is 15.5. The van der Waals surface area contributed by atoms with Gasteiger partial charge in [-0.25, -0.2) is 13.4 Å². The second-order valence-corrected chi connectivity index (χ2v) is 10.9. The van der Waals surface area contributed by atoms with Gasteiger partial charge >= 0.3 is 0 Å². The molecule has 1 unspecified atom stereocenters. The lowest BCUT2D eigenvalue weighted by molar-refractivity contribution is 0.0515. The summed E-state index contributed by atoms with van der Waals surface area (Å²) in [5.74, 6) is 0.535. The number of hydrogen-bond donors (Lipinski definition) is 2. The molecule has 2 N–H and O–H groups in total. The van der Waals surface area contributed by atoms with Crippen LogP contribution in [0.2, 0.25) is 10.0 Å². The van der Waals surface area contributed by atoms with Gasteiger partial charge in [-0.1, -0.05) is 60.5 Å². The lowest BCUT2D eigenvalue weighted by atomic mass is 9.99. The van der Waals surface area contributed by atoms with Crippen molar-refractivity contribution in [2.24, 2.45) is 0 Å². The molecule has 0 radical (unpaired) electrons. The van der Waals surface area contributed by atoms with E-state index in [1.807, 2.05) is 18.2 Å². The van der Waals surface area contributed by atoms with Gasteiger partial charge in [0.15, 0.2) is 16.6 Å². The van der Waals surface area contributed by atoms with Gasteiger partial charge in [-0.3, -0.25) is 0 Å². The van der Waals surface area contributed by atoms with Gasteiger partial charge in [-0.05, 0) is 29.8 Å². The van der Waals surface area contributed by atoms with E-state index < -0.39 is 15.8 Å². The zero-order chi connectivity index (χ0) is 25.2. The number of aliphatic hydroxyl groups excluding tert-OH is 1. The van der Waals surface area contributed by atoms with Crippen LogP contribution in [0.5, 0.6) is 5.75 Å². The number of aromatic amines is 1. The molecule has 0 bridgehead atoms. The zero-order valence-electron chi connectivity index (χ0n) is 19.1. The molecular weight excluding hydrogens is 511 g/mol. The molecule has 0 aliphatic heterocycles. The molecule has 0 saturated heterocycles. The average Bonchev–Trinajstić information content (AvgIpc) is 3.28. The fraction of sp³-hybridized carbons (Fsp3) is 0.240. The number of H-pyrrole nitrogens is 1. The van der Waals surface area contributed by atoms with Crippen LogP contribution in [0.25, 0.3) is 22.2 Å². The van der Waals surface area contributed by atoms with Crippen molar-refractivity contribution in [2.75, 3.05) is 26.3 Å². The van der Waals surface area contributed by atoms with Crippen molar-refractivity contribution in [1.82, 2.24) is 9.97 Å². The third kappa shape index (κ3) is 5.03. The molecule has 3 aromatic carbocycles. The Labute approximate surface area is 213 Å². The quantitative estimate of drug-likeness (QED) is 0.277. The first-order chi connectivity index (χ1) is 16.8. The van der Waals surface area contributed by atoms with Gasteiger partial charge in [0.25, 0.3) is 0 Å². The summed E-state index contributed by atoms with van der Waals surface area (Å²) in [6.07, 6.45) is 0. The summed E-state index contributed by atoms with van der Waals surface area (Å²) in [5, 5.41) is 10.9. The third-order valence-corrected chi connectivity index (χ3v) is 8.13. The predicted molar refractivity (Wildman–Crippen MR) is 137 cm³/mol. The number of rotatable bonds is 9. The molecule has 184 valence electrons. The van der Waals surface area contributed by atoms with Crippen LogP contribution in [0.15, 0.2) is 59.5 Å². The van der Waals surface area contributed by atoms with Crippen LogP contribution in [-0.4, -0.2) is 49.8 Å². The molecule has 0 amide bonds. The highest BCUT2D eigenvalue weighted by Gasteiger charge is 2.23. The van der Waals surface area contributed by atoms with Crippen LogP contribution in [0, 0.1) is 0 Å². The lowest BCUT2D eigenvalue weighted by Gasteiger charge is -2.13. The van der Waals surface area contributed by atoms with Gasteiger partial charge in [0.2, 0.25) is 0 Å². The van der Waals surface area contributed by atoms with E-state index in [1.165, 1.54) is 7.11 Å². The molecule has 1 atom stereocenters. The third-order valence-electron chi connectivity index (χ3n) is 5.71. The van der Waals surface area contributed by atoms with E-state index in [0.717, 1.165) is 0 Å². The summed E-state index contributed by atoms with van der Waals surface area (Å²) < 4.78 is 35.0. The summed E-state index contributed by atoms with van der Waals surface area (Å²) in [5.41, 5.74) is 3.07. The van der Waals surface area contributed by atoms with Crippen LogP contribution < -0.4 is 4.74 Å². The number of ether oxygens (including phenoxy) is 2. The Morgan fingerprint density at radius 2 is 1.83 bits per heavy atom. The fourth-order valence-electron chi connectivity index (χ4n) is 3.86. The van der Waals surface area contributed by atoms with Crippen molar-refractivity contribution in [3.05, 3.63) is 76.0 Å². The van der Waals surface area contributed by atoms with E-state index in [1.54, 1.807) is 43.3 Å². The van der Waals surface area contributed by atoms with Crippen LogP contribution in [0.1, 0.15) is 24.2 Å². The van der Waals surface area contributed by atoms with Crippen LogP contribution in [-0.2, 0) is 14.6 Å². The predicted octanol–water partition coefficient (Wildman–Crippen LogP) is 5.44. The normalized spacial score (nSPS) is 12.7. The molecule has 4 aromatic rings. The topological polar surface area (TPSA) is 102 Å². The van der Waals surface area contributed by atoms with E-state index in [9.17, 15) is 13.5 Å². The summed E-state index contributed by atoms with van der Waals surface area (Å²) in [6.45, 7) is 1.42. The number of methoxy groups -OCH3 is 1. The van der Waals surface area contributed by atoms with E-state index in [-0.39, 0.29) is 24.0 Å². The van der Waals surface area contributed by atoms with Gasteiger partial charge in [0.1, 0.15) is 17.1 Å². The molecule has 10 heteroatoms. The highest BCUT2D eigenvalue weighted by Crippen LogP contribution is 2.43. The van der Waals surface area contributed by atoms with Crippen LogP contribution in [0.4, 0.5) is 0 Å². The maximum Gasteiger partial charge on any atom is 0.188 e. The largest absolute Gasteiger partial charge is 0.467 e. The Balaban J connectivity index is 1.77. The van der Waals surface area contributed by atoms with Gasteiger partial charge in [0.05, 0.1) is 38.7 Å².